The summed E-state index contributed by atoms with van der Waals surface area (Å²) in [6, 6.07) is 0. The first-order chi connectivity index (χ1) is 10.5. The first kappa shape index (κ1) is 21.5. The van der Waals surface area contributed by atoms with Gasteiger partial charge < -0.3 is 9.05 Å². The third-order valence-electron chi connectivity index (χ3n) is 3.73. The summed E-state index contributed by atoms with van der Waals surface area (Å²) >= 11 is 0. The molecule has 0 spiro atoms. The third kappa shape index (κ3) is 8.82. The van der Waals surface area contributed by atoms with Gasteiger partial charge in [-0.1, -0.05) is 64.7 Å². The van der Waals surface area contributed by atoms with Crippen molar-refractivity contribution in [2.24, 2.45) is 0 Å². The van der Waals surface area contributed by atoms with Crippen LogP contribution >= 0.6 is 7.60 Å². The van der Waals surface area contributed by atoms with Crippen LogP contribution in [0.4, 0.5) is 0 Å². The summed E-state index contributed by atoms with van der Waals surface area (Å²) in [5, 5.41) is 0. The van der Waals surface area contributed by atoms with Crippen molar-refractivity contribution in [3.05, 3.63) is 0 Å². The predicted octanol–water partition coefficient (Wildman–Crippen LogP) is 4.88. The molecule has 0 atom stereocenters. The average Bonchev–Trinajstić information content (AvgIpc) is 2.54. The van der Waals surface area contributed by atoms with Crippen LogP contribution in [0, 0.1) is 0 Å². The predicted molar refractivity (Wildman–Crippen MR) is 88.1 cm³/mol. The van der Waals surface area contributed by atoms with Crippen molar-refractivity contribution in [3.63, 3.8) is 0 Å². The van der Waals surface area contributed by atoms with E-state index in [1.807, 2.05) is 0 Å². The molecule has 0 aliphatic heterocycles. The van der Waals surface area contributed by atoms with E-state index in [0.29, 0.717) is 6.42 Å². The maximum Gasteiger partial charge on any atom is 0.404 e. The Hall–Kier alpha value is -0.510. The average molecular weight is 334 g/mol. The van der Waals surface area contributed by atoms with E-state index in [9.17, 15) is 14.2 Å². The largest absolute Gasteiger partial charge is 0.404 e. The maximum atomic E-state index is 11.8. The molecule has 5 nitrogen and oxygen atoms in total. The van der Waals surface area contributed by atoms with E-state index in [-0.39, 0.29) is 6.42 Å². The molecular weight excluding hydrogens is 303 g/mol. The van der Waals surface area contributed by atoms with Crippen LogP contribution in [0.3, 0.4) is 0 Å². The molecule has 0 aliphatic carbocycles. The van der Waals surface area contributed by atoms with Crippen molar-refractivity contribution in [3.8, 4) is 0 Å². The van der Waals surface area contributed by atoms with E-state index >= 15 is 0 Å². The van der Waals surface area contributed by atoms with E-state index in [2.05, 4.69) is 16.0 Å². The van der Waals surface area contributed by atoms with E-state index < -0.39 is 18.9 Å². The second-order valence-electron chi connectivity index (χ2n) is 5.52. The maximum absolute atomic E-state index is 11.8. The highest BCUT2D eigenvalue weighted by molar-refractivity contribution is 7.74. The molecule has 0 rings (SSSR count). The van der Waals surface area contributed by atoms with Crippen LogP contribution in [0.1, 0.15) is 77.6 Å². The Morgan fingerprint density at radius 1 is 0.773 bits per heavy atom. The topological polar surface area (TPSA) is 69.7 Å². The quantitative estimate of drug-likeness (QED) is 0.242. The summed E-state index contributed by atoms with van der Waals surface area (Å²) < 4.78 is 20.8. The smallest absolute Gasteiger partial charge is 0.306 e. The van der Waals surface area contributed by atoms with Crippen LogP contribution in [0.5, 0.6) is 0 Å². The molecule has 0 bridgehead atoms. The van der Waals surface area contributed by atoms with Crippen LogP contribution in [0.25, 0.3) is 0 Å². The minimum absolute atomic E-state index is 0.117. The number of carbonyl (C=O) groups excluding carboxylic acids is 2. The van der Waals surface area contributed by atoms with Crippen molar-refractivity contribution >= 4 is 18.9 Å². The number of hydrogen-bond acceptors (Lipinski definition) is 5. The van der Waals surface area contributed by atoms with Crippen molar-refractivity contribution in [1.29, 1.82) is 0 Å². The molecule has 0 aromatic heterocycles. The van der Waals surface area contributed by atoms with Gasteiger partial charge in [-0.3, -0.25) is 14.2 Å². The van der Waals surface area contributed by atoms with Gasteiger partial charge in [0, 0.05) is 20.6 Å². The SMILES string of the molecule is CCCCCCCCCCCCC(=O)C(=O)P(=O)(OC)OC. The van der Waals surface area contributed by atoms with E-state index in [4.69, 9.17) is 0 Å². The number of carbonyl (C=O) groups is 2. The second-order valence-corrected chi connectivity index (χ2v) is 7.65. The number of ketones is 1. The highest BCUT2D eigenvalue weighted by Crippen LogP contribution is 2.47. The zero-order chi connectivity index (χ0) is 16.8. The Kier molecular flexibility index (Phi) is 12.7. The third-order valence-corrected chi connectivity index (χ3v) is 5.43. The van der Waals surface area contributed by atoms with Crippen molar-refractivity contribution in [1.82, 2.24) is 0 Å². The van der Waals surface area contributed by atoms with Gasteiger partial charge in [-0.15, -0.1) is 0 Å². The fourth-order valence-corrected chi connectivity index (χ4v) is 3.17. The lowest BCUT2D eigenvalue weighted by molar-refractivity contribution is -0.133. The summed E-state index contributed by atoms with van der Waals surface area (Å²) in [6.45, 7) is 2.21. The van der Waals surface area contributed by atoms with Gasteiger partial charge >= 0.3 is 13.1 Å². The monoisotopic (exact) mass is 334 g/mol. The summed E-state index contributed by atoms with van der Waals surface area (Å²) in [6.07, 6.45) is 11.7. The zero-order valence-electron chi connectivity index (χ0n) is 14.3. The van der Waals surface area contributed by atoms with Crippen molar-refractivity contribution in [2.75, 3.05) is 14.2 Å². The molecule has 0 saturated heterocycles. The molecule has 0 radical (unpaired) electrons. The highest BCUT2D eigenvalue weighted by Gasteiger charge is 2.37. The number of unbranched alkanes of at least 4 members (excludes halogenated alkanes) is 9. The van der Waals surface area contributed by atoms with E-state index in [0.717, 1.165) is 27.1 Å². The lowest BCUT2D eigenvalue weighted by atomic mass is 10.1. The molecule has 130 valence electrons. The fraction of sp³-hybridized carbons (Fsp3) is 0.875. The van der Waals surface area contributed by atoms with Crippen LogP contribution < -0.4 is 0 Å². The number of hydrogen-bond donors (Lipinski definition) is 0. The summed E-state index contributed by atoms with van der Waals surface area (Å²) in [5.74, 6) is -0.661. The van der Waals surface area contributed by atoms with Gasteiger partial charge in [0.2, 0.25) is 5.78 Å². The van der Waals surface area contributed by atoms with Gasteiger partial charge in [-0.25, -0.2) is 0 Å². The van der Waals surface area contributed by atoms with Gasteiger partial charge in [0.1, 0.15) is 0 Å². The minimum Gasteiger partial charge on any atom is -0.306 e. The summed E-state index contributed by atoms with van der Waals surface area (Å²) in [4.78, 5) is 23.3. The Balaban J connectivity index is 3.65. The lowest BCUT2D eigenvalue weighted by Crippen LogP contribution is -2.15. The fourth-order valence-electron chi connectivity index (χ4n) is 2.27. The van der Waals surface area contributed by atoms with Crippen molar-refractivity contribution < 1.29 is 23.2 Å². The Labute approximate surface area is 134 Å². The first-order valence-corrected chi connectivity index (χ1v) is 9.85. The molecule has 0 N–H and O–H groups in total. The number of Topliss-reactive ketones (excluding diaryl/α,β-unsaturated/α-hetero) is 1. The standard InChI is InChI=1S/C16H31O5P/c1-4-5-6-7-8-9-10-11-12-13-14-15(17)16(18)22(19,20-2)21-3/h4-14H2,1-3H3. The Morgan fingerprint density at radius 3 is 1.59 bits per heavy atom. The second kappa shape index (κ2) is 13.0. The van der Waals surface area contributed by atoms with Crippen molar-refractivity contribution in [2.45, 2.75) is 77.6 Å². The molecule has 0 saturated carbocycles. The lowest BCUT2D eigenvalue weighted by Gasteiger charge is -2.10. The van der Waals surface area contributed by atoms with Crippen LogP contribution in [0.15, 0.2) is 0 Å². The number of rotatable bonds is 15. The van der Waals surface area contributed by atoms with Gasteiger partial charge in [-0.05, 0) is 6.42 Å². The molecule has 0 aliphatic rings. The van der Waals surface area contributed by atoms with Gasteiger partial charge in [0.15, 0.2) is 0 Å². The van der Waals surface area contributed by atoms with Crippen LogP contribution in [0.2, 0.25) is 0 Å². The molecule has 0 aromatic rings. The van der Waals surface area contributed by atoms with Gasteiger partial charge in [-0.2, -0.15) is 0 Å². The van der Waals surface area contributed by atoms with E-state index in [1.165, 1.54) is 44.9 Å². The Morgan fingerprint density at radius 2 is 1.18 bits per heavy atom. The molecule has 6 heteroatoms. The van der Waals surface area contributed by atoms with Crippen LogP contribution in [-0.4, -0.2) is 25.5 Å². The molecule has 22 heavy (non-hydrogen) atoms. The highest BCUT2D eigenvalue weighted by atomic mass is 31.2. The minimum atomic E-state index is -3.90. The molecular formula is C16H31O5P. The first-order valence-electron chi connectivity index (χ1n) is 8.31. The van der Waals surface area contributed by atoms with Gasteiger partial charge in [0.05, 0.1) is 0 Å². The molecule has 0 aromatic carbocycles. The Bertz CT molecular complexity index is 360. The van der Waals surface area contributed by atoms with Gasteiger partial charge in [0.25, 0.3) is 0 Å². The molecule has 0 amide bonds. The molecule has 0 heterocycles. The molecule has 0 unspecified atom stereocenters. The summed E-state index contributed by atoms with van der Waals surface area (Å²) in [7, 11) is -1.68. The van der Waals surface area contributed by atoms with Crippen LogP contribution in [-0.2, 0) is 23.2 Å². The molecule has 0 fully saturated rings. The zero-order valence-corrected chi connectivity index (χ0v) is 15.2. The van der Waals surface area contributed by atoms with E-state index in [1.54, 1.807) is 0 Å². The normalized spacial score (nSPS) is 11.6. The summed E-state index contributed by atoms with van der Waals surface area (Å²) in [5.41, 5.74) is -1.03.